The first-order chi connectivity index (χ1) is 8.31. The van der Waals surface area contributed by atoms with Gasteiger partial charge < -0.3 is 5.11 Å². The average Bonchev–Trinajstić information content (AvgIpc) is 2.58. The van der Waals surface area contributed by atoms with Crippen molar-refractivity contribution in [3.63, 3.8) is 0 Å². The first kappa shape index (κ1) is 13.5. The van der Waals surface area contributed by atoms with Crippen LogP contribution in [0.15, 0.2) is 10.3 Å². The van der Waals surface area contributed by atoms with Crippen molar-refractivity contribution in [3.8, 4) is 0 Å². The molecule has 0 radical (unpaired) electrons. The fourth-order valence-corrected chi connectivity index (χ4v) is 5.08. The number of thiophene rings is 1. The highest BCUT2D eigenvalue weighted by Gasteiger charge is 2.33. The Morgan fingerprint density at radius 2 is 2.11 bits per heavy atom. The molecule has 0 spiro atoms. The zero-order valence-electron chi connectivity index (χ0n) is 10.1. The standard InChI is InChI=1S/C11H15NO4S2/c1-6-3-8(4-6)12-18(15,16)10-7(2)5-17-9(10)11(13)14/h5-6,8,12H,3-4H2,1-2H3,(H,13,14). The molecule has 1 aromatic heterocycles. The number of rotatable bonds is 4. The molecule has 2 rings (SSSR count). The monoisotopic (exact) mass is 289 g/mol. The first-order valence-corrected chi connectivity index (χ1v) is 8.01. The predicted molar refractivity (Wildman–Crippen MR) is 68.5 cm³/mol. The van der Waals surface area contributed by atoms with E-state index in [1.807, 2.05) is 0 Å². The number of carboxylic acids is 1. The smallest absolute Gasteiger partial charge is 0.347 e. The number of nitrogens with one attached hydrogen (secondary N) is 1. The van der Waals surface area contributed by atoms with E-state index in [1.165, 1.54) is 0 Å². The number of sulfonamides is 1. The summed E-state index contributed by atoms with van der Waals surface area (Å²) in [5.74, 6) is -0.671. The Balaban J connectivity index is 2.29. The van der Waals surface area contributed by atoms with Crippen LogP contribution in [0.4, 0.5) is 0 Å². The Kier molecular flexibility index (Phi) is 3.48. The molecule has 1 saturated carbocycles. The van der Waals surface area contributed by atoms with E-state index < -0.39 is 16.0 Å². The molecule has 1 aliphatic carbocycles. The summed E-state index contributed by atoms with van der Waals surface area (Å²) in [7, 11) is -3.73. The minimum Gasteiger partial charge on any atom is -0.477 e. The molecule has 1 aromatic rings. The van der Waals surface area contributed by atoms with Gasteiger partial charge in [-0.3, -0.25) is 0 Å². The molecule has 100 valence electrons. The summed E-state index contributed by atoms with van der Waals surface area (Å²) in [6, 6.07) is -0.0639. The van der Waals surface area contributed by atoms with Gasteiger partial charge in [0.15, 0.2) is 0 Å². The second kappa shape index (κ2) is 4.64. The fraction of sp³-hybridized carbons (Fsp3) is 0.545. The number of aromatic carboxylic acids is 1. The number of carbonyl (C=O) groups is 1. The normalized spacial score (nSPS) is 23.7. The maximum absolute atomic E-state index is 12.2. The average molecular weight is 289 g/mol. The van der Waals surface area contributed by atoms with Gasteiger partial charge >= 0.3 is 5.97 Å². The number of aryl methyl sites for hydroxylation is 1. The molecule has 1 fully saturated rings. The van der Waals surface area contributed by atoms with Crippen LogP contribution >= 0.6 is 11.3 Å². The summed E-state index contributed by atoms with van der Waals surface area (Å²) < 4.78 is 26.9. The molecule has 0 bridgehead atoms. The summed E-state index contributed by atoms with van der Waals surface area (Å²) in [6.45, 7) is 3.67. The van der Waals surface area contributed by atoms with Crippen LogP contribution in [0.3, 0.4) is 0 Å². The van der Waals surface area contributed by atoms with Crippen molar-refractivity contribution in [2.24, 2.45) is 5.92 Å². The van der Waals surface area contributed by atoms with E-state index in [0.29, 0.717) is 11.5 Å². The Hall–Kier alpha value is -0.920. The molecular weight excluding hydrogens is 274 g/mol. The molecule has 1 heterocycles. The lowest BCUT2D eigenvalue weighted by molar-refractivity contribution is 0.0698. The van der Waals surface area contributed by atoms with Gasteiger partial charge in [0.05, 0.1) is 0 Å². The zero-order chi connectivity index (χ0) is 13.5. The maximum atomic E-state index is 12.2. The van der Waals surface area contributed by atoms with Gasteiger partial charge in [-0.15, -0.1) is 11.3 Å². The Labute approximate surface area is 110 Å². The predicted octanol–water partition coefficient (Wildman–Crippen LogP) is 1.83. The van der Waals surface area contributed by atoms with E-state index in [2.05, 4.69) is 11.6 Å². The van der Waals surface area contributed by atoms with E-state index in [0.717, 1.165) is 24.2 Å². The summed E-state index contributed by atoms with van der Waals surface area (Å²) in [5.41, 5.74) is 0.484. The largest absolute Gasteiger partial charge is 0.477 e. The minimum absolute atomic E-state index is 0.0639. The van der Waals surface area contributed by atoms with Gasteiger partial charge in [0.25, 0.3) is 0 Å². The second-order valence-electron chi connectivity index (χ2n) is 4.78. The van der Waals surface area contributed by atoms with Crippen LogP contribution in [0.5, 0.6) is 0 Å². The van der Waals surface area contributed by atoms with Crippen molar-refractivity contribution in [1.82, 2.24) is 4.72 Å². The van der Waals surface area contributed by atoms with E-state index in [-0.39, 0.29) is 15.8 Å². The Bertz CT molecular complexity index is 570. The number of carboxylic acid groups (broad SMARTS) is 1. The molecule has 0 unspecified atom stereocenters. The van der Waals surface area contributed by atoms with Crippen molar-refractivity contribution < 1.29 is 18.3 Å². The van der Waals surface area contributed by atoms with Crippen molar-refractivity contribution in [2.75, 3.05) is 0 Å². The lowest BCUT2D eigenvalue weighted by atomic mass is 9.83. The third-order valence-corrected chi connectivity index (χ3v) is 6.00. The van der Waals surface area contributed by atoms with Gasteiger partial charge in [0.2, 0.25) is 10.0 Å². The van der Waals surface area contributed by atoms with Gasteiger partial charge in [-0.1, -0.05) is 6.92 Å². The Morgan fingerprint density at radius 3 is 2.61 bits per heavy atom. The first-order valence-electron chi connectivity index (χ1n) is 5.65. The van der Waals surface area contributed by atoms with Gasteiger partial charge in [-0.25, -0.2) is 17.9 Å². The van der Waals surface area contributed by atoms with E-state index in [1.54, 1.807) is 12.3 Å². The molecule has 1 aliphatic rings. The fourth-order valence-electron chi connectivity index (χ4n) is 2.19. The van der Waals surface area contributed by atoms with Crippen molar-refractivity contribution in [3.05, 3.63) is 15.8 Å². The molecule has 0 amide bonds. The highest BCUT2D eigenvalue weighted by atomic mass is 32.2. The summed E-state index contributed by atoms with van der Waals surface area (Å²) in [5, 5.41) is 10.6. The molecular formula is C11H15NO4S2. The van der Waals surface area contributed by atoms with Crippen LogP contribution in [0.25, 0.3) is 0 Å². The molecule has 0 saturated heterocycles. The highest BCUT2D eigenvalue weighted by molar-refractivity contribution is 7.89. The highest BCUT2D eigenvalue weighted by Crippen LogP contribution is 2.31. The summed E-state index contributed by atoms with van der Waals surface area (Å²) >= 11 is 0.946. The molecule has 18 heavy (non-hydrogen) atoms. The maximum Gasteiger partial charge on any atom is 0.347 e. The molecule has 0 atom stereocenters. The number of hydrogen-bond acceptors (Lipinski definition) is 4. The lowest BCUT2D eigenvalue weighted by Gasteiger charge is -2.32. The van der Waals surface area contributed by atoms with Gasteiger partial charge in [0, 0.05) is 6.04 Å². The van der Waals surface area contributed by atoms with Crippen LogP contribution in [0, 0.1) is 12.8 Å². The summed E-state index contributed by atoms with van der Waals surface area (Å²) in [4.78, 5) is 10.8. The molecule has 0 aromatic carbocycles. The van der Waals surface area contributed by atoms with Gasteiger partial charge in [0.1, 0.15) is 9.77 Å². The van der Waals surface area contributed by atoms with E-state index >= 15 is 0 Å². The van der Waals surface area contributed by atoms with Crippen LogP contribution in [0.2, 0.25) is 0 Å². The van der Waals surface area contributed by atoms with Crippen LogP contribution in [-0.4, -0.2) is 25.5 Å². The van der Waals surface area contributed by atoms with Crippen molar-refractivity contribution >= 4 is 27.3 Å². The van der Waals surface area contributed by atoms with Crippen molar-refractivity contribution in [1.29, 1.82) is 0 Å². The van der Waals surface area contributed by atoms with E-state index in [9.17, 15) is 13.2 Å². The minimum atomic E-state index is -3.73. The molecule has 7 heteroatoms. The molecule has 2 N–H and O–H groups in total. The topological polar surface area (TPSA) is 83.5 Å². The SMILES string of the molecule is Cc1csc(C(=O)O)c1S(=O)(=O)NC1CC(C)C1. The molecule has 0 aliphatic heterocycles. The zero-order valence-corrected chi connectivity index (χ0v) is 11.8. The quantitative estimate of drug-likeness (QED) is 0.885. The Morgan fingerprint density at radius 1 is 1.50 bits per heavy atom. The second-order valence-corrected chi connectivity index (χ2v) is 7.31. The van der Waals surface area contributed by atoms with Gasteiger partial charge in [-0.05, 0) is 36.6 Å². The van der Waals surface area contributed by atoms with Gasteiger partial charge in [-0.2, -0.15) is 0 Å². The third kappa shape index (κ3) is 2.43. The van der Waals surface area contributed by atoms with Crippen LogP contribution in [0.1, 0.15) is 35.0 Å². The van der Waals surface area contributed by atoms with Crippen LogP contribution in [-0.2, 0) is 10.0 Å². The lowest BCUT2D eigenvalue weighted by Crippen LogP contribution is -2.43. The van der Waals surface area contributed by atoms with Crippen LogP contribution < -0.4 is 4.72 Å². The molecule has 5 nitrogen and oxygen atoms in total. The number of hydrogen-bond donors (Lipinski definition) is 2. The third-order valence-electron chi connectivity index (χ3n) is 3.08. The van der Waals surface area contributed by atoms with Crippen molar-refractivity contribution in [2.45, 2.75) is 37.6 Å². The van der Waals surface area contributed by atoms with E-state index in [4.69, 9.17) is 5.11 Å². The summed E-state index contributed by atoms with van der Waals surface area (Å²) in [6.07, 6.45) is 1.62.